The Balaban J connectivity index is 1.68. The summed E-state index contributed by atoms with van der Waals surface area (Å²) in [6.07, 6.45) is 6.72. The van der Waals surface area contributed by atoms with E-state index in [0.717, 1.165) is 34.2 Å². The molecule has 0 spiro atoms. The van der Waals surface area contributed by atoms with Gasteiger partial charge in [0.1, 0.15) is 6.54 Å². The predicted octanol–water partition coefficient (Wildman–Crippen LogP) is 3.80. The maximum absolute atomic E-state index is 12.6. The van der Waals surface area contributed by atoms with E-state index >= 15 is 0 Å². The molecule has 156 valence electrons. The molecular formula is C21H27N3O3S2. The van der Waals surface area contributed by atoms with E-state index < -0.39 is 10.0 Å². The van der Waals surface area contributed by atoms with Crippen molar-refractivity contribution in [2.24, 2.45) is 0 Å². The molecule has 0 atom stereocenters. The Labute approximate surface area is 177 Å². The van der Waals surface area contributed by atoms with Crippen LogP contribution in [0.5, 0.6) is 0 Å². The third kappa shape index (κ3) is 5.90. The van der Waals surface area contributed by atoms with Crippen LogP contribution in [0.4, 0.5) is 17.1 Å². The van der Waals surface area contributed by atoms with Gasteiger partial charge in [0, 0.05) is 29.4 Å². The number of thioether (sulfide) groups is 1. The van der Waals surface area contributed by atoms with E-state index in [9.17, 15) is 13.2 Å². The van der Waals surface area contributed by atoms with E-state index in [0.29, 0.717) is 11.4 Å². The molecule has 2 aromatic carbocycles. The van der Waals surface area contributed by atoms with Crippen molar-refractivity contribution in [3.05, 3.63) is 48.5 Å². The summed E-state index contributed by atoms with van der Waals surface area (Å²) in [7, 11) is -3.59. The van der Waals surface area contributed by atoms with Gasteiger partial charge in [-0.2, -0.15) is 0 Å². The highest BCUT2D eigenvalue weighted by Crippen LogP contribution is 2.25. The number of carbonyl (C=O) groups is 1. The van der Waals surface area contributed by atoms with Crippen molar-refractivity contribution in [1.82, 2.24) is 0 Å². The Bertz CT molecular complexity index is 940. The third-order valence-corrected chi connectivity index (χ3v) is 6.77. The highest BCUT2D eigenvalue weighted by molar-refractivity contribution is 7.98. The van der Waals surface area contributed by atoms with Crippen molar-refractivity contribution in [2.75, 3.05) is 46.7 Å². The second-order valence-corrected chi connectivity index (χ2v) is 9.90. The molecule has 6 nitrogen and oxygen atoms in total. The van der Waals surface area contributed by atoms with Gasteiger partial charge in [0.05, 0.1) is 11.9 Å². The van der Waals surface area contributed by atoms with Crippen LogP contribution in [0.25, 0.3) is 0 Å². The summed E-state index contributed by atoms with van der Waals surface area (Å²) in [5.74, 6) is -0.379. The van der Waals surface area contributed by atoms with Crippen LogP contribution >= 0.6 is 11.8 Å². The van der Waals surface area contributed by atoms with Crippen LogP contribution in [-0.2, 0) is 14.8 Å². The zero-order valence-corrected chi connectivity index (χ0v) is 18.4. The molecule has 1 N–H and O–H groups in total. The second-order valence-electron chi connectivity index (χ2n) is 7.11. The maximum atomic E-state index is 12.6. The predicted molar refractivity (Wildman–Crippen MR) is 122 cm³/mol. The minimum atomic E-state index is -3.59. The van der Waals surface area contributed by atoms with Crippen molar-refractivity contribution in [3.63, 3.8) is 0 Å². The molecule has 1 fully saturated rings. The fraction of sp³-hybridized carbons (Fsp3) is 0.381. The van der Waals surface area contributed by atoms with Gasteiger partial charge in [-0.25, -0.2) is 8.42 Å². The van der Waals surface area contributed by atoms with Gasteiger partial charge in [0.2, 0.25) is 15.9 Å². The van der Waals surface area contributed by atoms with Gasteiger partial charge in [0.25, 0.3) is 0 Å². The van der Waals surface area contributed by atoms with Crippen molar-refractivity contribution >= 4 is 44.8 Å². The lowest BCUT2D eigenvalue weighted by atomic mass is 10.1. The summed E-state index contributed by atoms with van der Waals surface area (Å²) in [4.78, 5) is 15.8. The smallest absolute Gasteiger partial charge is 0.245 e. The first-order valence-electron chi connectivity index (χ1n) is 9.63. The van der Waals surface area contributed by atoms with Gasteiger partial charge in [-0.15, -0.1) is 11.8 Å². The molecule has 2 aromatic rings. The minimum Gasteiger partial charge on any atom is -0.372 e. The highest BCUT2D eigenvalue weighted by atomic mass is 32.2. The largest absolute Gasteiger partial charge is 0.372 e. The zero-order valence-electron chi connectivity index (χ0n) is 16.8. The fourth-order valence-corrected chi connectivity index (χ4v) is 4.71. The van der Waals surface area contributed by atoms with Crippen LogP contribution in [-0.4, -0.2) is 46.5 Å². The summed E-state index contributed by atoms with van der Waals surface area (Å²) in [6, 6.07) is 14.9. The number of piperidine rings is 1. The number of sulfonamides is 1. The first kappa shape index (κ1) is 21.5. The quantitative estimate of drug-likeness (QED) is 0.673. The van der Waals surface area contributed by atoms with Gasteiger partial charge < -0.3 is 10.2 Å². The minimum absolute atomic E-state index is 0.273. The van der Waals surface area contributed by atoms with E-state index in [2.05, 4.69) is 10.2 Å². The van der Waals surface area contributed by atoms with E-state index in [1.54, 1.807) is 18.2 Å². The first-order chi connectivity index (χ1) is 13.9. The molecule has 0 unspecified atom stereocenters. The molecule has 29 heavy (non-hydrogen) atoms. The Morgan fingerprint density at radius 3 is 2.41 bits per heavy atom. The molecule has 0 aromatic heterocycles. The third-order valence-electron chi connectivity index (χ3n) is 4.90. The van der Waals surface area contributed by atoms with Gasteiger partial charge in [-0.1, -0.05) is 6.07 Å². The van der Waals surface area contributed by atoms with Crippen LogP contribution in [0.1, 0.15) is 19.3 Å². The van der Waals surface area contributed by atoms with Gasteiger partial charge in [0.15, 0.2) is 0 Å². The van der Waals surface area contributed by atoms with E-state index in [4.69, 9.17) is 0 Å². The molecule has 8 heteroatoms. The number of nitrogens with zero attached hydrogens (tertiary/aromatic N) is 2. The number of rotatable bonds is 7. The number of carbonyl (C=O) groups excluding carboxylic acids is 1. The Morgan fingerprint density at radius 1 is 1.10 bits per heavy atom. The van der Waals surface area contributed by atoms with Gasteiger partial charge in [-0.05, 0) is 68.0 Å². The van der Waals surface area contributed by atoms with Crippen molar-refractivity contribution in [2.45, 2.75) is 24.2 Å². The van der Waals surface area contributed by atoms with Crippen molar-refractivity contribution in [3.8, 4) is 0 Å². The molecule has 1 aliphatic rings. The van der Waals surface area contributed by atoms with Gasteiger partial charge in [-0.3, -0.25) is 9.10 Å². The molecule has 0 saturated carbocycles. The molecule has 0 radical (unpaired) electrons. The van der Waals surface area contributed by atoms with Crippen LogP contribution in [0.3, 0.4) is 0 Å². The molecule has 1 amide bonds. The molecule has 1 heterocycles. The highest BCUT2D eigenvalue weighted by Gasteiger charge is 2.21. The molecule has 1 saturated heterocycles. The number of hydrogen-bond donors (Lipinski definition) is 1. The van der Waals surface area contributed by atoms with Crippen molar-refractivity contribution < 1.29 is 13.2 Å². The lowest BCUT2D eigenvalue weighted by Gasteiger charge is -2.29. The summed E-state index contributed by atoms with van der Waals surface area (Å²) >= 11 is 1.52. The zero-order chi connectivity index (χ0) is 20.9. The summed E-state index contributed by atoms with van der Waals surface area (Å²) in [6.45, 7) is 1.85. The Kier molecular flexibility index (Phi) is 7.08. The number of benzene rings is 2. The first-order valence-corrected chi connectivity index (χ1v) is 12.7. The van der Waals surface area contributed by atoms with Crippen LogP contribution in [0, 0.1) is 0 Å². The monoisotopic (exact) mass is 433 g/mol. The number of nitrogens with one attached hydrogen (secondary N) is 1. The second kappa shape index (κ2) is 9.54. The molecule has 0 bridgehead atoms. The molecular weight excluding hydrogens is 406 g/mol. The normalized spacial score (nSPS) is 14.5. The lowest BCUT2D eigenvalue weighted by Crippen LogP contribution is -2.37. The number of hydrogen-bond acceptors (Lipinski definition) is 5. The van der Waals surface area contributed by atoms with Crippen LogP contribution < -0.4 is 14.5 Å². The SMILES string of the molecule is CSc1cccc(N(CC(=O)Nc2ccc(N3CCCCC3)cc2)S(C)(=O)=O)c1. The molecule has 1 aliphatic heterocycles. The number of anilines is 3. The van der Waals surface area contributed by atoms with Crippen molar-refractivity contribution in [1.29, 1.82) is 0 Å². The summed E-state index contributed by atoms with van der Waals surface area (Å²) in [5.41, 5.74) is 2.28. The standard InChI is InChI=1S/C21H27N3O3S2/c1-28-20-8-6-7-19(15-20)24(29(2,26)27)16-21(25)22-17-9-11-18(12-10-17)23-13-4-3-5-14-23/h6-12,15H,3-5,13-14,16H2,1-2H3,(H,22,25). The Hall–Kier alpha value is -2.19. The average molecular weight is 434 g/mol. The van der Waals surface area contributed by atoms with Crippen LogP contribution in [0.15, 0.2) is 53.4 Å². The number of amides is 1. The lowest BCUT2D eigenvalue weighted by molar-refractivity contribution is -0.114. The van der Waals surface area contributed by atoms with E-state index in [-0.39, 0.29) is 12.5 Å². The molecule has 0 aliphatic carbocycles. The summed E-state index contributed by atoms with van der Waals surface area (Å²) in [5, 5.41) is 2.80. The van der Waals surface area contributed by atoms with Gasteiger partial charge >= 0.3 is 0 Å². The summed E-state index contributed by atoms with van der Waals surface area (Å²) < 4.78 is 25.7. The van der Waals surface area contributed by atoms with E-state index in [1.807, 2.05) is 36.6 Å². The Morgan fingerprint density at radius 2 is 1.79 bits per heavy atom. The fourth-order valence-electron chi connectivity index (χ4n) is 3.40. The van der Waals surface area contributed by atoms with E-state index in [1.165, 1.54) is 31.0 Å². The average Bonchev–Trinajstić information content (AvgIpc) is 2.72. The molecule has 3 rings (SSSR count). The van der Waals surface area contributed by atoms with Crippen LogP contribution in [0.2, 0.25) is 0 Å². The maximum Gasteiger partial charge on any atom is 0.245 e. The topological polar surface area (TPSA) is 69.7 Å².